The van der Waals surface area contributed by atoms with E-state index >= 15 is 0 Å². The number of rotatable bonds is 8. The third kappa shape index (κ3) is 6.20. The summed E-state index contributed by atoms with van der Waals surface area (Å²) < 4.78 is 42.6. The van der Waals surface area contributed by atoms with Gasteiger partial charge in [-0.3, -0.25) is 4.79 Å². The summed E-state index contributed by atoms with van der Waals surface area (Å²) in [4.78, 5) is 15.4. The van der Waals surface area contributed by atoms with E-state index < -0.39 is 18.3 Å². The Hall–Kier alpha value is -3.20. The molecular weight excluding hydrogens is 552 g/mol. The molecule has 0 radical (unpaired) electrons. The zero-order valence-electron chi connectivity index (χ0n) is 23.3. The van der Waals surface area contributed by atoms with Crippen LogP contribution in [0.25, 0.3) is 0 Å². The zero-order valence-corrected chi connectivity index (χ0v) is 24.0. The highest BCUT2D eigenvalue weighted by atomic mass is 35.5. The molecule has 1 saturated heterocycles. The van der Waals surface area contributed by atoms with Gasteiger partial charge in [-0.25, -0.2) is 0 Å². The van der Waals surface area contributed by atoms with Crippen molar-refractivity contribution in [2.24, 2.45) is 5.92 Å². The molecule has 2 atom stereocenters. The van der Waals surface area contributed by atoms with Crippen LogP contribution in [0.3, 0.4) is 0 Å². The Morgan fingerprint density at radius 2 is 1.63 bits per heavy atom. The molecule has 0 bridgehead atoms. The van der Waals surface area contributed by atoms with Crippen LogP contribution >= 0.6 is 11.6 Å². The minimum Gasteiger partial charge on any atom is -0.487 e. The second-order valence-electron chi connectivity index (χ2n) is 11.0. The van der Waals surface area contributed by atoms with Crippen molar-refractivity contribution >= 4 is 23.2 Å². The van der Waals surface area contributed by atoms with Crippen molar-refractivity contribution in [1.82, 2.24) is 0 Å². The zero-order chi connectivity index (χ0) is 29.3. The molecule has 1 fully saturated rings. The van der Waals surface area contributed by atoms with Gasteiger partial charge in [0.2, 0.25) is 5.91 Å². The second-order valence-corrected chi connectivity index (χ2v) is 11.5. The Kier molecular flexibility index (Phi) is 8.55. The van der Waals surface area contributed by atoms with E-state index in [0.717, 1.165) is 29.5 Å². The molecule has 0 aliphatic carbocycles. The van der Waals surface area contributed by atoms with E-state index in [1.807, 2.05) is 43.3 Å². The molecule has 3 aromatic rings. The molecule has 1 amide bonds. The third-order valence-electron chi connectivity index (χ3n) is 7.88. The van der Waals surface area contributed by atoms with Gasteiger partial charge in [0.05, 0.1) is 24.2 Å². The van der Waals surface area contributed by atoms with Crippen LogP contribution in [-0.2, 0) is 21.6 Å². The van der Waals surface area contributed by atoms with E-state index in [4.69, 9.17) is 25.8 Å². The first-order chi connectivity index (χ1) is 19.5. The lowest BCUT2D eigenvalue weighted by molar-refractivity contribution is -0.118. The average Bonchev–Trinajstić information content (AvgIpc) is 2.93. The van der Waals surface area contributed by atoms with Gasteiger partial charge in [0.25, 0.3) is 0 Å². The summed E-state index contributed by atoms with van der Waals surface area (Å²) in [6, 6.07) is 17.2. The Bertz CT molecular complexity index is 1370. The quantitative estimate of drug-likeness (QED) is 0.307. The molecule has 0 saturated carbocycles. The van der Waals surface area contributed by atoms with E-state index in [9.17, 15) is 18.7 Å². The van der Waals surface area contributed by atoms with Crippen LogP contribution in [0.15, 0.2) is 60.7 Å². The maximum absolute atomic E-state index is 13.7. The van der Waals surface area contributed by atoms with Crippen molar-refractivity contribution in [1.29, 1.82) is 0 Å². The second kappa shape index (κ2) is 12.0. The minimum atomic E-state index is -3.04. The lowest BCUT2D eigenvalue weighted by atomic mass is 9.78. The van der Waals surface area contributed by atoms with Crippen molar-refractivity contribution in [2.45, 2.75) is 64.4 Å². The normalized spacial score (nSPS) is 19.3. The Labute approximate surface area is 243 Å². The lowest BCUT2D eigenvalue weighted by Crippen LogP contribution is -2.41. The summed E-state index contributed by atoms with van der Waals surface area (Å²) in [5, 5.41) is 12.0. The molecular formula is C32H34ClF2NO5. The molecule has 2 unspecified atom stereocenters. The predicted molar refractivity (Wildman–Crippen MR) is 153 cm³/mol. The van der Waals surface area contributed by atoms with Gasteiger partial charge in [-0.15, -0.1) is 0 Å². The fraction of sp³-hybridized carbons (Fsp3) is 0.406. The molecule has 3 aromatic carbocycles. The Morgan fingerprint density at radius 1 is 1.00 bits per heavy atom. The number of nitrogens with zero attached hydrogens (tertiary/aromatic N) is 1. The molecule has 1 N–H and O–H groups in total. The maximum Gasteiger partial charge on any atom is 0.387 e. The number of carbonyl (C=O) groups is 1. The summed E-state index contributed by atoms with van der Waals surface area (Å²) in [6.45, 7) is 3.63. The number of carbonyl (C=O) groups excluding carboxylic acids is 1. The fourth-order valence-electron chi connectivity index (χ4n) is 5.81. The van der Waals surface area contributed by atoms with Gasteiger partial charge >= 0.3 is 6.61 Å². The molecule has 41 heavy (non-hydrogen) atoms. The summed E-state index contributed by atoms with van der Waals surface area (Å²) >= 11 is 6.19. The van der Waals surface area contributed by atoms with E-state index in [1.165, 1.54) is 6.07 Å². The fourth-order valence-corrected chi connectivity index (χ4v) is 5.94. The SMILES string of the molecule is CC(C)Oc1cc2c(cc1OC(F)F)CC(=O)N(c1ccc(C(C)(O)C3CCOCC3)cc1)C2c1ccc(Cl)cc1. The van der Waals surface area contributed by atoms with E-state index in [-0.39, 0.29) is 35.8 Å². The van der Waals surface area contributed by atoms with Crippen molar-refractivity contribution in [2.75, 3.05) is 18.1 Å². The van der Waals surface area contributed by atoms with E-state index in [1.54, 1.807) is 36.9 Å². The number of hydrogen-bond donors (Lipinski definition) is 1. The highest BCUT2D eigenvalue weighted by molar-refractivity contribution is 6.30. The molecule has 9 heteroatoms. The van der Waals surface area contributed by atoms with Crippen molar-refractivity contribution in [3.63, 3.8) is 0 Å². The molecule has 2 aliphatic heterocycles. The number of benzene rings is 3. The van der Waals surface area contributed by atoms with Gasteiger partial charge in [0, 0.05) is 23.9 Å². The molecule has 218 valence electrons. The molecule has 5 rings (SSSR count). The van der Waals surface area contributed by atoms with E-state index in [0.29, 0.717) is 29.5 Å². The topological polar surface area (TPSA) is 68.2 Å². The van der Waals surface area contributed by atoms with Crippen LogP contribution in [0.1, 0.15) is 61.9 Å². The van der Waals surface area contributed by atoms with Gasteiger partial charge in [-0.2, -0.15) is 8.78 Å². The maximum atomic E-state index is 13.7. The highest BCUT2D eigenvalue weighted by Gasteiger charge is 2.38. The Balaban J connectivity index is 1.58. The highest BCUT2D eigenvalue weighted by Crippen LogP contribution is 2.45. The Morgan fingerprint density at radius 3 is 2.24 bits per heavy atom. The van der Waals surface area contributed by atoms with Gasteiger partial charge < -0.3 is 24.2 Å². The van der Waals surface area contributed by atoms with Crippen molar-refractivity contribution in [3.8, 4) is 11.5 Å². The third-order valence-corrected chi connectivity index (χ3v) is 8.13. The number of anilines is 1. The van der Waals surface area contributed by atoms with Crippen LogP contribution < -0.4 is 14.4 Å². The number of aliphatic hydroxyl groups is 1. The summed E-state index contributed by atoms with van der Waals surface area (Å²) in [7, 11) is 0. The minimum absolute atomic E-state index is 0.0114. The number of alkyl halides is 2. The largest absolute Gasteiger partial charge is 0.487 e. The number of ether oxygens (including phenoxy) is 3. The molecule has 0 aromatic heterocycles. The predicted octanol–water partition coefficient (Wildman–Crippen LogP) is 7.04. The van der Waals surface area contributed by atoms with Crippen LogP contribution in [0.4, 0.5) is 14.5 Å². The van der Waals surface area contributed by atoms with Gasteiger partial charge in [0.15, 0.2) is 11.5 Å². The summed E-state index contributed by atoms with van der Waals surface area (Å²) in [5.74, 6) is -0.0724. The molecule has 2 aliphatic rings. The first-order valence-corrected chi connectivity index (χ1v) is 14.2. The standard InChI is InChI=1S/C32H34ClF2NO5/c1-19(2)40-28-18-26-21(16-27(28)41-31(34)35)17-29(37)36(30(26)20-4-8-24(33)9-5-20)25-10-6-22(7-11-25)32(3,38)23-12-14-39-15-13-23/h4-11,16,18-19,23,30-31,38H,12-15,17H2,1-3H3. The number of fused-ring (bicyclic) bond motifs is 1. The number of hydrogen-bond acceptors (Lipinski definition) is 5. The number of halogens is 3. The monoisotopic (exact) mass is 585 g/mol. The van der Waals surface area contributed by atoms with Crippen LogP contribution in [0, 0.1) is 5.92 Å². The lowest BCUT2D eigenvalue weighted by Gasteiger charge is -2.39. The van der Waals surface area contributed by atoms with E-state index in [2.05, 4.69) is 0 Å². The first kappa shape index (κ1) is 29.3. The van der Waals surface area contributed by atoms with Crippen LogP contribution in [-0.4, -0.2) is 36.9 Å². The average molecular weight is 586 g/mol. The smallest absolute Gasteiger partial charge is 0.387 e. The summed E-state index contributed by atoms with van der Waals surface area (Å²) in [5.41, 5.74) is 2.48. The van der Waals surface area contributed by atoms with Crippen LogP contribution in [0.2, 0.25) is 5.02 Å². The van der Waals surface area contributed by atoms with Gasteiger partial charge in [-0.1, -0.05) is 35.9 Å². The van der Waals surface area contributed by atoms with Gasteiger partial charge in [-0.05, 0) is 98.2 Å². The molecule has 2 heterocycles. The number of amides is 1. The van der Waals surface area contributed by atoms with Crippen LogP contribution in [0.5, 0.6) is 11.5 Å². The first-order valence-electron chi connectivity index (χ1n) is 13.8. The summed E-state index contributed by atoms with van der Waals surface area (Å²) in [6.07, 6.45) is 1.24. The molecule has 6 nitrogen and oxygen atoms in total. The molecule has 0 spiro atoms. The van der Waals surface area contributed by atoms with Crippen molar-refractivity contribution < 1.29 is 32.9 Å². The van der Waals surface area contributed by atoms with Gasteiger partial charge in [0.1, 0.15) is 0 Å². The van der Waals surface area contributed by atoms with Crippen molar-refractivity contribution in [3.05, 3.63) is 87.9 Å².